The van der Waals surface area contributed by atoms with E-state index in [2.05, 4.69) is 229 Å². The van der Waals surface area contributed by atoms with Crippen LogP contribution in [0.15, 0.2) is 224 Å². The third-order valence-electron chi connectivity index (χ3n) is 12.1. The normalized spacial score (nSPS) is 11.6. The topological polar surface area (TPSA) is 3.24 Å². The minimum atomic E-state index is 1.10. The minimum Gasteiger partial charge on any atom is -0.310 e. The van der Waals surface area contributed by atoms with Crippen molar-refractivity contribution in [3.8, 4) is 44.5 Å². The molecule has 61 heavy (non-hydrogen) atoms. The summed E-state index contributed by atoms with van der Waals surface area (Å²) in [6.07, 6.45) is 0. The lowest BCUT2D eigenvalue weighted by atomic mass is 9.95. The van der Waals surface area contributed by atoms with Crippen LogP contribution in [-0.4, -0.2) is 0 Å². The molecule has 10 aromatic carbocycles. The smallest absolute Gasteiger partial charge is 0.0467 e. The second-order valence-corrected chi connectivity index (χ2v) is 17.8. The molecule has 0 amide bonds. The van der Waals surface area contributed by atoms with Crippen molar-refractivity contribution in [2.45, 2.75) is 0 Å². The Balaban J connectivity index is 0.951. The highest BCUT2D eigenvalue weighted by atomic mass is 32.1. The lowest BCUT2D eigenvalue weighted by Gasteiger charge is -2.26. The van der Waals surface area contributed by atoms with Gasteiger partial charge >= 0.3 is 0 Å². The van der Waals surface area contributed by atoms with E-state index in [4.69, 9.17) is 0 Å². The third kappa shape index (κ3) is 6.29. The number of fused-ring (bicyclic) bond motifs is 7. The van der Waals surface area contributed by atoms with E-state index in [0.29, 0.717) is 0 Å². The summed E-state index contributed by atoms with van der Waals surface area (Å²) < 4.78 is 5.30. The van der Waals surface area contributed by atoms with Gasteiger partial charge in [0.15, 0.2) is 0 Å². The van der Waals surface area contributed by atoms with Gasteiger partial charge in [0, 0.05) is 57.4 Å². The molecule has 2 aromatic heterocycles. The minimum absolute atomic E-state index is 1.10. The largest absolute Gasteiger partial charge is 0.310 e. The number of rotatable bonds is 7. The Kier molecular flexibility index (Phi) is 8.62. The van der Waals surface area contributed by atoms with E-state index in [0.717, 1.165) is 17.1 Å². The number of benzene rings is 10. The van der Waals surface area contributed by atoms with Crippen molar-refractivity contribution < 1.29 is 0 Å². The predicted molar refractivity (Wildman–Crippen MR) is 266 cm³/mol. The summed E-state index contributed by atoms with van der Waals surface area (Å²) in [5.41, 5.74) is 13.0. The van der Waals surface area contributed by atoms with Crippen LogP contribution in [0.3, 0.4) is 0 Å². The number of nitrogens with zero attached hydrogens (tertiary/aromatic N) is 1. The van der Waals surface area contributed by atoms with Crippen LogP contribution in [0, 0.1) is 0 Å². The molecule has 3 heteroatoms. The zero-order valence-corrected chi connectivity index (χ0v) is 34.8. The van der Waals surface area contributed by atoms with Gasteiger partial charge in [-0.25, -0.2) is 0 Å². The highest BCUT2D eigenvalue weighted by molar-refractivity contribution is 7.26. The van der Waals surface area contributed by atoms with E-state index in [1.165, 1.54) is 95.6 Å². The zero-order chi connectivity index (χ0) is 40.3. The standard InChI is InChI=1S/C58H37NS2/c1-2-17-48-39(11-1)12-9-20-49(48)44-15-7-13-41(35-44)42-14-8-16-47(36-42)59(45-30-25-38(26-31-45)43-29-34-57-54(37-43)52-19-4-5-23-55(52)60-57)46-32-27-40(28-33-46)50-21-10-22-53-51-18-3-6-24-56(51)61-58(50)53/h1-37H. The highest BCUT2D eigenvalue weighted by Gasteiger charge is 2.17. The summed E-state index contributed by atoms with van der Waals surface area (Å²) >= 11 is 3.74. The van der Waals surface area contributed by atoms with Crippen molar-refractivity contribution in [1.29, 1.82) is 0 Å². The van der Waals surface area contributed by atoms with Gasteiger partial charge in [-0.1, -0.05) is 158 Å². The molecule has 0 N–H and O–H groups in total. The van der Waals surface area contributed by atoms with E-state index in [-0.39, 0.29) is 0 Å². The van der Waals surface area contributed by atoms with Crippen LogP contribution >= 0.6 is 22.7 Å². The van der Waals surface area contributed by atoms with Crippen LogP contribution < -0.4 is 4.90 Å². The van der Waals surface area contributed by atoms with Crippen molar-refractivity contribution >= 4 is 90.9 Å². The van der Waals surface area contributed by atoms with Gasteiger partial charge in [-0.15, -0.1) is 22.7 Å². The van der Waals surface area contributed by atoms with Crippen LogP contribution in [0.4, 0.5) is 17.1 Å². The van der Waals surface area contributed by atoms with Gasteiger partial charge in [0.25, 0.3) is 0 Å². The molecule has 0 saturated carbocycles. The number of hydrogen-bond donors (Lipinski definition) is 0. The Labute approximate surface area is 362 Å². The van der Waals surface area contributed by atoms with Crippen molar-refractivity contribution in [3.05, 3.63) is 224 Å². The lowest BCUT2D eigenvalue weighted by molar-refractivity contribution is 1.28. The van der Waals surface area contributed by atoms with Gasteiger partial charge in [-0.2, -0.15) is 0 Å². The fraction of sp³-hybridized carbons (Fsp3) is 0. The molecule has 0 bridgehead atoms. The van der Waals surface area contributed by atoms with Gasteiger partial charge in [-0.3, -0.25) is 0 Å². The van der Waals surface area contributed by atoms with E-state index in [1.807, 2.05) is 22.7 Å². The Bertz CT molecular complexity index is 3590. The Morgan fingerprint density at radius 1 is 0.262 bits per heavy atom. The van der Waals surface area contributed by atoms with Crippen molar-refractivity contribution in [2.24, 2.45) is 0 Å². The highest BCUT2D eigenvalue weighted by Crippen LogP contribution is 2.43. The first-order valence-corrected chi connectivity index (χ1v) is 22.4. The summed E-state index contributed by atoms with van der Waals surface area (Å²) in [6, 6.07) is 82.4. The Morgan fingerprint density at radius 2 is 0.787 bits per heavy atom. The second-order valence-electron chi connectivity index (χ2n) is 15.7. The van der Waals surface area contributed by atoms with E-state index in [9.17, 15) is 0 Å². The predicted octanol–water partition coefficient (Wildman–Crippen LogP) is 17.7. The zero-order valence-electron chi connectivity index (χ0n) is 33.1. The van der Waals surface area contributed by atoms with Gasteiger partial charge in [-0.05, 0) is 122 Å². The molecule has 0 fully saturated rings. The first kappa shape index (κ1) is 35.6. The quantitative estimate of drug-likeness (QED) is 0.155. The van der Waals surface area contributed by atoms with Crippen molar-refractivity contribution in [3.63, 3.8) is 0 Å². The summed E-state index contributed by atoms with van der Waals surface area (Å²) in [6.45, 7) is 0. The Hall–Kier alpha value is -7.30. The molecule has 0 radical (unpaired) electrons. The third-order valence-corrected chi connectivity index (χ3v) is 14.4. The molecule has 12 rings (SSSR count). The molecule has 12 aromatic rings. The molecular formula is C58H37NS2. The SMILES string of the molecule is c1cc(-c2cccc(N(c3ccc(-c4ccc5sc6ccccc6c5c4)cc3)c3ccc(-c4cccc5c4sc4ccccc45)cc3)c2)cc(-c2cccc3ccccc23)c1. The van der Waals surface area contributed by atoms with Gasteiger partial charge in [0.1, 0.15) is 0 Å². The monoisotopic (exact) mass is 811 g/mol. The first-order chi connectivity index (χ1) is 30.2. The average Bonchev–Trinajstić information content (AvgIpc) is 3.90. The maximum absolute atomic E-state index is 2.39. The molecule has 2 heterocycles. The van der Waals surface area contributed by atoms with E-state index < -0.39 is 0 Å². The van der Waals surface area contributed by atoms with Crippen LogP contribution in [0.5, 0.6) is 0 Å². The lowest BCUT2D eigenvalue weighted by Crippen LogP contribution is -2.10. The van der Waals surface area contributed by atoms with Gasteiger partial charge < -0.3 is 4.90 Å². The molecule has 0 atom stereocenters. The summed E-state index contributed by atoms with van der Waals surface area (Å²) in [7, 11) is 0. The van der Waals surface area contributed by atoms with E-state index in [1.54, 1.807) is 0 Å². The van der Waals surface area contributed by atoms with Gasteiger partial charge in [0.2, 0.25) is 0 Å². The molecule has 1 nitrogen and oxygen atoms in total. The van der Waals surface area contributed by atoms with Crippen LogP contribution in [0.1, 0.15) is 0 Å². The second kappa shape index (κ2) is 14.8. The molecule has 0 unspecified atom stereocenters. The fourth-order valence-corrected chi connectivity index (χ4v) is 11.4. The summed E-state index contributed by atoms with van der Waals surface area (Å²) in [4.78, 5) is 2.39. The number of hydrogen-bond acceptors (Lipinski definition) is 3. The van der Waals surface area contributed by atoms with Crippen LogP contribution in [-0.2, 0) is 0 Å². The maximum Gasteiger partial charge on any atom is 0.0467 e. The van der Waals surface area contributed by atoms with Crippen molar-refractivity contribution in [2.75, 3.05) is 4.90 Å². The first-order valence-electron chi connectivity index (χ1n) is 20.7. The number of thiophene rings is 2. The molecule has 0 spiro atoms. The molecule has 0 saturated heterocycles. The fourth-order valence-electron chi connectivity index (χ4n) is 9.09. The molecule has 286 valence electrons. The van der Waals surface area contributed by atoms with E-state index >= 15 is 0 Å². The molecular weight excluding hydrogens is 775 g/mol. The molecule has 0 aliphatic rings. The summed E-state index contributed by atoms with van der Waals surface area (Å²) in [5.74, 6) is 0. The van der Waals surface area contributed by atoms with Crippen LogP contribution in [0.2, 0.25) is 0 Å². The summed E-state index contributed by atoms with van der Waals surface area (Å²) in [5, 5.41) is 7.79. The molecule has 0 aliphatic heterocycles. The van der Waals surface area contributed by atoms with Crippen molar-refractivity contribution in [1.82, 2.24) is 0 Å². The molecule has 0 aliphatic carbocycles. The van der Waals surface area contributed by atoms with Gasteiger partial charge in [0.05, 0.1) is 0 Å². The average molecular weight is 812 g/mol. The Morgan fingerprint density at radius 3 is 1.59 bits per heavy atom. The van der Waals surface area contributed by atoms with Crippen LogP contribution in [0.25, 0.3) is 95.6 Å². The maximum atomic E-state index is 2.39. The number of anilines is 3.